The fourth-order valence-corrected chi connectivity index (χ4v) is 3.75. The Morgan fingerprint density at radius 2 is 2.00 bits per heavy atom. The normalized spacial score (nSPS) is 21.6. The van der Waals surface area contributed by atoms with Gasteiger partial charge < -0.3 is 10.2 Å². The van der Waals surface area contributed by atoms with Crippen LogP contribution < -0.4 is 5.32 Å². The predicted molar refractivity (Wildman–Crippen MR) is 105 cm³/mol. The highest BCUT2D eigenvalue weighted by Gasteiger charge is 2.24. The Morgan fingerprint density at radius 3 is 2.64 bits per heavy atom. The fourth-order valence-electron chi connectivity index (χ4n) is 3.44. The Bertz CT molecular complexity index is 682. The number of benzene rings is 1. The third-order valence-corrected chi connectivity index (χ3v) is 5.79. The quantitative estimate of drug-likeness (QED) is 0.845. The molecule has 5 nitrogen and oxygen atoms in total. The standard InChI is InChI=1S/C19H27N5S/c1-14-6-4-5-7-18(14)22-19(25)23(3)15(2)16-8-10-17(11-9-16)24-13-20-12-21-24/h8-15,18H,4-7H2,1-3H3,(H,22,25)/t14-,15+,18+/m1/s1. The van der Waals surface area contributed by atoms with Crippen molar-refractivity contribution in [3.05, 3.63) is 42.5 Å². The highest BCUT2D eigenvalue weighted by atomic mass is 32.1. The molecule has 2 aromatic rings. The van der Waals surface area contributed by atoms with E-state index in [-0.39, 0.29) is 6.04 Å². The molecule has 1 fully saturated rings. The minimum atomic E-state index is 0.212. The number of thiocarbonyl (C=S) groups is 1. The van der Waals surface area contributed by atoms with E-state index in [0.717, 1.165) is 10.8 Å². The number of rotatable bonds is 4. The Balaban J connectivity index is 1.63. The van der Waals surface area contributed by atoms with E-state index in [1.54, 1.807) is 17.3 Å². The first-order valence-corrected chi connectivity index (χ1v) is 9.45. The molecule has 3 rings (SSSR count). The first-order valence-electron chi connectivity index (χ1n) is 9.04. The van der Waals surface area contributed by atoms with Crippen LogP contribution in [0.3, 0.4) is 0 Å². The molecule has 134 valence electrons. The topological polar surface area (TPSA) is 46.0 Å². The van der Waals surface area contributed by atoms with Crippen molar-refractivity contribution in [3.63, 3.8) is 0 Å². The van der Waals surface area contributed by atoms with Gasteiger partial charge in [-0.15, -0.1) is 0 Å². The number of nitrogens with one attached hydrogen (secondary N) is 1. The lowest BCUT2D eigenvalue weighted by atomic mass is 9.86. The Labute approximate surface area is 155 Å². The third kappa shape index (κ3) is 4.18. The number of hydrogen-bond acceptors (Lipinski definition) is 3. The minimum Gasteiger partial charge on any atom is -0.360 e. The fraction of sp³-hybridized carbons (Fsp3) is 0.526. The maximum atomic E-state index is 5.67. The molecule has 0 amide bonds. The molecule has 0 radical (unpaired) electrons. The second kappa shape index (κ2) is 7.95. The molecule has 3 atom stereocenters. The average molecular weight is 358 g/mol. The van der Waals surface area contributed by atoms with Crippen molar-refractivity contribution in [2.24, 2.45) is 5.92 Å². The third-order valence-electron chi connectivity index (χ3n) is 5.38. The summed E-state index contributed by atoms with van der Waals surface area (Å²) in [6, 6.07) is 9.10. The van der Waals surface area contributed by atoms with Gasteiger partial charge in [-0.05, 0) is 55.6 Å². The Hall–Kier alpha value is -1.95. The van der Waals surface area contributed by atoms with Crippen LogP contribution in [0.1, 0.15) is 51.1 Å². The van der Waals surface area contributed by atoms with Crippen LogP contribution >= 0.6 is 12.2 Å². The molecule has 25 heavy (non-hydrogen) atoms. The molecule has 0 unspecified atom stereocenters. The minimum absolute atomic E-state index is 0.212. The molecule has 0 aliphatic heterocycles. The summed E-state index contributed by atoms with van der Waals surface area (Å²) in [5.41, 5.74) is 2.24. The van der Waals surface area contributed by atoms with Crippen molar-refractivity contribution in [2.45, 2.75) is 51.6 Å². The van der Waals surface area contributed by atoms with Crippen molar-refractivity contribution in [1.82, 2.24) is 25.0 Å². The zero-order valence-corrected chi connectivity index (χ0v) is 16.0. The van der Waals surface area contributed by atoms with Crippen LogP contribution in [0, 0.1) is 5.92 Å². The average Bonchev–Trinajstić information content (AvgIpc) is 3.17. The summed E-state index contributed by atoms with van der Waals surface area (Å²) in [4.78, 5) is 6.14. The highest BCUT2D eigenvalue weighted by Crippen LogP contribution is 2.25. The smallest absolute Gasteiger partial charge is 0.169 e. The van der Waals surface area contributed by atoms with Crippen molar-refractivity contribution in [3.8, 4) is 5.69 Å². The summed E-state index contributed by atoms with van der Waals surface area (Å²) in [7, 11) is 2.07. The van der Waals surface area contributed by atoms with Gasteiger partial charge in [0.05, 0.1) is 11.7 Å². The van der Waals surface area contributed by atoms with E-state index in [1.807, 2.05) is 0 Å². The summed E-state index contributed by atoms with van der Waals surface area (Å²) in [5, 5.41) is 8.59. The zero-order valence-electron chi connectivity index (χ0n) is 15.2. The van der Waals surface area contributed by atoms with E-state index in [9.17, 15) is 0 Å². The second-order valence-corrected chi connectivity index (χ2v) is 7.42. The van der Waals surface area contributed by atoms with E-state index in [1.165, 1.54) is 31.2 Å². The van der Waals surface area contributed by atoms with Crippen LogP contribution in [0.5, 0.6) is 0 Å². The van der Waals surface area contributed by atoms with Gasteiger partial charge in [0.2, 0.25) is 0 Å². The summed E-state index contributed by atoms with van der Waals surface area (Å²) < 4.78 is 1.76. The van der Waals surface area contributed by atoms with E-state index >= 15 is 0 Å². The number of nitrogens with zero attached hydrogens (tertiary/aromatic N) is 4. The molecule has 6 heteroatoms. The van der Waals surface area contributed by atoms with Gasteiger partial charge in [-0.1, -0.05) is 31.9 Å². The lowest BCUT2D eigenvalue weighted by Crippen LogP contribution is -2.47. The van der Waals surface area contributed by atoms with Gasteiger partial charge in [0, 0.05) is 13.1 Å². The Kier molecular flexibility index (Phi) is 5.68. The van der Waals surface area contributed by atoms with Gasteiger partial charge in [-0.3, -0.25) is 0 Å². The van der Waals surface area contributed by atoms with Crippen molar-refractivity contribution < 1.29 is 0 Å². The monoisotopic (exact) mass is 357 g/mol. The molecule has 1 N–H and O–H groups in total. The van der Waals surface area contributed by atoms with Gasteiger partial charge in [-0.25, -0.2) is 9.67 Å². The van der Waals surface area contributed by atoms with Crippen molar-refractivity contribution in [1.29, 1.82) is 0 Å². The Morgan fingerprint density at radius 1 is 1.28 bits per heavy atom. The van der Waals surface area contributed by atoms with Crippen LogP contribution in [-0.2, 0) is 0 Å². The molecule has 0 saturated heterocycles. The number of hydrogen-bond donors (Lipinski definition) is 1. The maximum Gasteiger partial charge on any atom is 0.169 e. The van der Waals surface area contributed by atoms with Crippen molar-refractivity contribution >= 4 is 17.3 Å². The van der Waals surface area contributed by atoms with E-state index in [2.05, 4.69) is 65.5 Å². The number of aromatic nitrogens is 3. The molecule has 1 heterocycles. The molecular weight excluding hydrogens is 330 g/mol. The molecule has 0 spiro atoms. The van der Waals surface area contributed by atoms with Gasteiger partial charge >= 0.3 is 0 Å². The van der Waals surface area contributed by atoms with Gasteiger partial charge in [0.1, 0.15) is 12.7 Å². The van der Waals surface area contributed by atoms with Crippen LogP contribution in [0.4, 0.5) is 0 Å². The van der Waals surface area contributed by atoms with Crippen molar-refractivity contribution in [2.75, 3.05) is 7.05 Å². The zero-order chi connectivity index (χ0) is 17.8. The molecule has 1 aliphatic carbocycles. The summed E-state index contributed by atoms with van der Waals surface area (Å²) in [6.07, 6.45) is 8.40. The first kappa shape index (κ1) is 17.9. The summed E-state index contributed by atoms with van der Waals surface area (Å²) in [5.74, 6) is 0.692. The van der Waals surface area contributed by atoms with E-state index in [4.69, 9.17) is 12.2 Å². The second-order valence-electron chi connectivity index (χ2n) is 7.04. The molecule has 1 aromatic heterocycles. The van der Waals surface area contributed by atoms with Gasteiger partial charge in [0.15, 0.2) is 5.11 Å². The predicted octanol–water partition coefficient (Wildman–Crippen LogP) is 3.71. The van der Waals surface area contributed by atoms with Crippen LogP contribution in [0.15, 0.2) is 36.9 Å². The largest absolute Gasteiger partial charge is 0.360 e. The lowest BCUT2D eigenvalue weighted by molar-refractivity contribution is 0.294. The molecule has 0 bridgehead atoms. The van der Waals surface area contributed by atoms with E-state index < -0.39 is 0 Å². The molecular formula is C19H27N5S. The molecule has 1 aliphatic rings. The summed E-state index contributed by atoms with van der Waals surface area (Å²) >= 11 is 5.67. The SMILES string of the molecule is C[C@@H]1CCCC[C@@H]1NC(=S)N(C)[C@@H](C)c1ccc(-n2cncn2)cc1. The van der Waals surface area contributed by atoms with E-state index in [0.29, 0.717) is 12.0 Å². The lowest BCUT2D eigenvalue weighted by Gasteiger charge is -2.35. The summed E-state index contributed by atoms with van der Waals surface area (Å²) in [6.45, 7) is 4.51. The van der Waals surface area contributed by atoms with Crippen LogP contribution in [0.25, 0.3) is 5.69 Å². The van der Waals surface area contributed by atoms with Gasteiger partial charge in [-0.2, -0.15) is 5.10 Å². The van der Waals surface area contributed by atoms with Crippen LogP contribution in [0.2, 0.25) is 0 Å². The highest BCUT2D eigenvalue weighted by molar-refractivity contribution is 7.80. The molecule has 1 saturated carbocycles. The van der Waals surface area contributed by atoms with Crippen LogP contribution in [-0.4, -0.2) is 37.9 Å². The van der Waals surface area contributed by atoms with Gasteiger partial charge in [0.25, 0.3) is 0 Å². The first-order chi connectivity index (χ1) is 12.1. The molecule has 1 aromatic carbocycles. The maximum absolute atomic E-state index is 5.67.